The maximum absolute atomic E-state index is 12.1. The molecule has 122 valence electrons. The van der Waals surface area contributed by atoms with Crippen LogP contribution in [0, 0.1) is 0 Å². The van der Waals surface area contributed by atoms with E-state index in [-0.39, 0.29) is 5.91 Å². The average molecular weight is 320 g/mol. The van der Waals surface area contributed by atoms with E-state index in [1.807, 2.05) is 36.4 Å². The molecule has 1 aliphatic rings. The number of rotatable bonds is 4. The maximum atomic E-state index is 12.1. The zero-order valence-electron chi connectivity index (χ0n) is 14.0. The third kappa shape index (κ3) is 3.38. The summed E-state index contributed by atoms with van der Waals surface area (Å²) in [5.41, 5.74) is 3.50. The van der Waals surface area contributed by atoms with Crippen LogP contribution in [0.4, 0.5) is 0 Å². The highest BCUT2D eigenvalue weighted by Crippen LogP contribution is 2.19. The van der Waals surface area contributed by atoms with E-state index in [1.54, 1.807) is 13.2 Å². The van der Waals surface area contributed by atoms with E-state index in [0.29, 0.717) is 17.5 Å². The van der Waals surface area contributed by atoms with Crippen molar-refractivity contribution < 1.29 is 9.53 Å². The van der Waals surface area contributed by atoms with E-state index in [2.05, 4.69) is 36.3 Å². The molecular weight excluding hydrogens is 300 g/mol. The lowest BCUT2D eigenvalue weighted by Gasteiger charge is -2.04. The van der Waals surface area contributed by atoms with Crippen LogP contribution in [0.15, 0.2) is 59.2 Å². The fourth-order valence-corrected chi connectivity index (χ4v) is 2.49. The highest BCUT2D eigenvalue weighted by Gasteiger charge is 2.21. The molecule has 1 heterocycles. The summed E-state index contributed by atoms with van der Waals surface area (Å²) in [4.78, 5) is 16.6. The first-order chi connectivity index (χ1) is 11.6. The molecule has 4 heteroatoms. The van der Waals surface area contributed by atoms with Gasteiger partial charge in [-0.1, -0.05) is 38.1 Å². The number of carbonyl (C=O) groups is 1. The van der Waals surface area contributed by atoms with Crippen LogP contribution >= 0.6 is 0 Å². The van der Waals surface area contributed by atoms with Crippen molar-refractivity contribution in [3.8, 4) is 5.75 Å². The molecule has 0 radical (unpaired) electrons. The van der Waals surface area contributed by atoms with Crippen LogP contribution in [-0.4, -0.2) is 18.9 Å². The van der Waals surface area contributed by atoms with E-state index in [4.69, 9.17) is 4.74 Å². The summed E-state index contributed by atoms with van der Waals surface area (Å²) < 4.78 is 5.14. The topological polar surface area (TPSA) is 50.7 Å². The summed E-state index contributed by atoms with van der Waals surface area (Å²) >= 11 is 0. The second-order valence-electron chi connectivity index (χ2n) is 5.99. The van der Waals surface area contributed by atoms with Gasteiger partial charge in [-0.05, 0) is 47.4 Å². The number of methoxy groups -OCH3 is 1. The van der Waals surface area contributed by atoms with Gasteiger partial charge in [-0.15, -0.1) is 0 Å². The lowest BCUT2D eigenvalue weighted by molar-refractivity contribution is -0.115. The number of carbonyl (C=O) groups excluding carboxylic acids is 1. The van der Waals surface area contributed by atoms with Gasteiger partial charge in [0.05, 0.1) is 7.11 Å². The molecular formula is C20H20N2O2. The van der Waals surface area contributed by atoms with Crippen molar-refractivity contribution in [3.05, 3.63) is 70.9 Å². The Bertz CT molecular complexity index is 801. The van der Waals surface area contributed by atoms with Crippen LogP contribution in [0.2, 0.25) is 0 Å². The Morgan fingerprint density at radius 2 is 1.71 bits per heavy atom. The monoisotopic (exact) mass is 320 g/mol. The van der Waals surface area contributed by atoms with E-state index in [1.165, 1.54) is 5.56 Å². The molecule has 0 fully saturated rings. The molecule has 0 saturated carbocycles. The second kappa shape index (κ2) is 6.71. The Balaban J connectivity index is 1.85. The summed E-state index contributed by atoms with van der Waals surface area (Å²) in [5, 5.41) is 2.81. The third-order valence-electron chi connectivity index (χ3n) is 3.97. The van der Waals surface area contributed by atoms with Gasteiger partial charge in [0.15, 0.2) is 0 Å². The lowest BCUT2D eigenvalue weighted by Crippen LogP contribution is -2.24. The van der Waals surface area contributed by atoms with Crippen molar-refractivity contribution >= 4 is 17.8 Å². The molecule has 2 aromatic carbocycles. The quantitative estimate of drug-likeness (QED) is 0.873. The van der Waals surface area contributed by atoms with Gasteiger partial charge in [0.1, 0.15) is 17.3 Å². The first kappa shape index (κ1) is 16.0. The first-order valence-corrected chi connectivity index (χ1v) is 7.93. The number of amides is 1. The Labute approximate surface area is 141 Å². The maximum Gasteiger partial charge on any atom is 0.275 e. The van der Waals surface area contributed by atoms with Crippen LogP contribution in [0.3, 0.4) is 0 Å². The summed E-state index contributed by atoms with van der Waals surface area (Å²) in [5.74, 6) is 1.63. The number of hydrogen-bond acceptors (Lipinski definition) is 3. The van der Waals surface area contributed by atoms with Crippen LogP contribution in [0.5, 0.6) is 5.75 Å². The number of amidine groups is 1. The minimum Gasteiger partial charge on any atom is -0.497 e. The van der Waals surface area contributed by atoms with Crippen LogP contribution in [0.1, 0.15) is 36.5 Å². The summed E-state index contributed by atoms with van der Waals surface area (Å²) in [7, 11) is 1.62. The molecule has 0 bridgehead atoms. The molecule has 1 amide bonds. The number of nitrogens with zero attached hydrogens (tertiary/aromatic N) is 1. The van der Waals surface area contributed by atoms with Crippen molar-refractivity contribution in [2.24, 2.45) is 4.99 Å². The SMILES string of the molecule is COc1ccc(C2=N/C(=C/c3ccc(C(C)C)cc3)C(=O)N2)cc1. The highest BCUT2D eigenvalue weighted by molar-refractivity contribution is 6.19. The van der Waals surface area contributed by atoms with Crippen molar-refractivity contribution in [2.45, 2.75) is 19.8 Å². The zero-order valence-corrected chi connectivity index (χ0v) is 14.0. The lowest BCUT2D eigenvalue weighted by atomic mass is 10.0. The molecule has 24 heavy (non-hydrogen) atoms. The van der Waals surface area contributed by atoms with Gasteiger partial charge in [0.25, 0.3) is 5.91 Å². The van der Waals surface area contributed by atoms with Gasteiger partial charge in [-0.2, -0.15) is 0 Å². The van der Waals surface area contributed by atoms with Gasteiger partial charge >= 0.3 is 0 Å². The van der Waals surface area contributed by atoms with Crippen molar-refractivity contribution in [1.29, 1.82) is 0 Å². The minimum atomic E-state index is -0.186. The fourth-order valence-electron chi connectivity index (χ4n) is 2.49. The van der Waals surface area contributed by atoms with Gasteiger partial charge in [0, 0.05) is 5.56 Å². The van der Waals surface area contributed by atoms with Gasteiger partial charge in [0.2, 0.25) is 0 Å². The van der Waals surface area contributed by atoms with Crippen molar-refractivity contribution in [1.82, 2.24) is 5.32 Å². The van der Waals surface area contributed by atoms with E-state index < -0.39 is 0 Å². The molecule has 3 rings (SSSR count). The smallest absolute Gasteiger partial charge is 0.275 e. The van der Waals surface area contributed by atoms with Crippen molar-refractivity contribution in [2.75, 3.05) is 7.11 Å². The molecule has 1 N–H and O–H groups in total. The molecule has 2 aromatic rings. The zero-order chi connectivity index (χ0) is 17.1. The Morgan fingerprint density at radius 1 is 1.04 bits per heavy atom. The second-order valence-corrected chi connectivity index (χ2v) is 5.99. The molecule has 1 aliphatic heterocycles. The number of hydrogen-bond donors (Lipinski definition) is 1. The van der Waals surface area contributed by atoms with E-state index in [0.717, 1.165) is 16.9 Å². The summed E-state index contributed by atoms with van der Waals surface area (Å²) in [6.07, 6.45) is 1.80. The van der Waals surface area contributed by atoms with Crippen molar-refractivity contribution in [3.63, 3.8) is 0 Å². The third-order valence-corrected chi connectivity index (χ3v) is 3.97. The molecule has 0 aliphatic carbocycles. The Kier molecular flexibility index (Phi) is 4.47. The van der Waals surface area contributed by atoms with E-state index in [9.17, 15) is 4.79 Å². The molecule has 0 saturated heterocycles. The van der Waals surface area contributed by atoms with Crippen LogP contribution in [-0.2, 0) is 4.79 Å². The summed E-state index contributed by atoms with van der Waals surface area (Å²) in [6, 6.07) is 15.6. The number of nitrogens with one attached hydrogen (secondary N) is 1. The highest BCUT2D eigenvalue weighted by atomic mass is 16.5. The number of ether oxygens (including phenoxy) is 1. The molecule has 0 atom stereocenters. The Hall–Kier alpha value is -2.88. The predicted molar refractivity (Wildman–Crippen MR) is 96.2 cm³/mol. The largest absolute Gasteiger partial charge is 0.497 e. The van der Waals surface area contributed by atoms with Gasteiger partial charge in [-0.3, -0.25) is 4.79 Å². The average Bonchev–Trinajstić information content (AvgIpc) is 2.96. The molecule has 4 nitrogen and oxygen atoms in total. The first-order valence-electron chi connectivity index (χ1n) is 7.93. The normalized spacial score (nSPS) is 15.6. The van der Waals surface area contributed by atoms with Gasteiger partial charge in [-0.25, -0.2) is 4.99 Å². The summed E-state index contributed by atoms with van der Waals surface area (Å²) in [6.45, 7) is 4.31. The molecule has 0 unspecified atom stereocenters. The standard InChI is InChI=1S/C20H20N2O2/c1-13(2)15-6-4-14(5-7-15)12-18-20(23)22-19(21-18)16-8-10-17(24-3)11-9-16/h4-13H,1-3H3,(H,21,22,23)/b18-12+. The number of benzene rings is 2. The van der Waals surface area contributed by atoms with Crippen LogP contribution < -0.4 is 10.1 Å². The Morgan fingerprint density at radius 3 is 2.29 bits per heavy atom. The number of aliphatic imine (C=N–C) groups is 1. The predicted octanol–water partition coefficient (Wildman–Crippen LogP) is 3.74. The minimum absolute atomic E-state index is 0.186. The molecule has 0 spiro atoms. The fraction of sp³-hybridized carbons (Fsp3) is 0.200. The van der Waals surface area contributed by atoms with Gasteiger partial charge < -0.3 is 10.1 Å². The van der Waals surface area contributed by atoms with Crippen LogP contribution in [0.25, 0.3) is 6.08 Å². The van der Waals surface area contributed by atoms with E-state index >= 15 is 0 Å². The molecule has 0 aromatic heterocycles.